The molecule has 0 aliphatic heterocycles. The van der Waals surface area contributed by atoms with Crippen molar-refractivity contribution in [2.24, 2.45) is 0 Å². The molecule has 0 saturated carbocycles. The largest absolute Gasteiger partial charge is 0.484 e. The fourth-order valence-corrected chi connectivity index (χ4v) is 2.10. The van der Waals surface area contributed by atoms with Crippen molar-refractivity contribution < 1.29 is 19.1 Å². The number of aryl methyl sites for hydroxylation is 3. The second-order valence-electron chi connectivity index (χ2n) is 5.76. The van der Waals surface area contributed by atoms with Gasteiger partial charge in [0.1, 0.15) is 11.5 Å². The third kappa shape index (κ3) is 6.18. The molecule has 0 heterocycles. The number of carbonyl (C=O) groups is 2. The molecule has 132 valence electrons. The van der Waals surface area contributed by atoms with Crippen molar-refractivity contribution >= 4 is 11.8 Å². The van der Waals surface area contributed by atoms with Gasteiger partial charge in [-0.15, -0.1) is 0 Å². The molecule has 0 saturated heterocycles. The molecule has 2 rings (SSSR count). The number of hydrazine groups is 1. The van der Waals surface area contributed by atoms with Crippen molar-refractivity contribution in [3.05, 3.63) is 59.2 Å². The maximum atomic E-state index is 11.7. The Kier molecular flexibility index (Phi) is 6.39. The lowest BCUT2D eigenvalue weighted by molar-refractivity contribution is -0.131. The Morgan fingerprint density at radius 3 is 1.96 bits per heavy atom. The molecule has 25 heavy (non-hydrogen) atoms. The van der Waals surface area contributed by atoms with Gasteiger partial charge < -0.3 is 9.47 Å². The molecular weight excluding hydrogens is 320 g/mol. The van der Waals surface area contributed by atoms with Crippen molar-refractivity contribution in [2.75, 3.05) is 13.2 Å². The van der Waals surface area contributed by atoms with E-state index in [0.29, 0.717) is 11.5 Å². The van der Waals surface area contributed by atoms with Gasteiger partial charge in [0.25, 0.3) is 11.8 Å². The van der Waals surface area contributed by atoms with Gasteiger partial charge in [0, 0.05) is 0 Å². The molecule has 2 amide bonds. The van der Waals surface area contributed by atoms with Crippen LogP contribution in [-0.2, 0) is 9.59 Å². The van der Waals surface area contributed by atoms with Crippen molar-refractivity contribution in [1.29, 1.82) is 0 Å². The van der Waals surface area contributed by atoms with E-state index in [9.17, 15) is 9.59 Å². The first-order chi connectivity index (χ1) is 11.9. The predicted octanol–water partition coefficient (Wildman–Crippen LogP) is 2.22. The van der Waals surface area contributed by atoms with E-state index >= 15 is 0 Å². The maximum Gasteiger partial charge on any atom is 0.276 e. The summed E-state index contributed by atoms with van der Waals surface area (Å²) in [6, 6.07) is 13.0. The van der Waals surface area contributed by atoms with Crippen molar-refractivity contribution in [3.63, 3.8) is 0 Å². The minimum absolute atomic E-state index is 0.191. The number of amides is 2. The van der Waals surface area contributed by atoms with E-state index in [4.69, 9.17) is 9.47 Å². The highest BCUT2D eigenvalue weighted by atomic mass is 16.5. The zero-order valence-corrected chi connectivity index (χ0v) is 14.6. The van der Waals surface area contributed by atoms with Crippen LogP contribution >= 0.6 is 0 Å². The molecule has 0 spiro atoms. The Bertz CT molecular complexity index is 742. The summed E-state index contributed by atoms with van der Waals surface area (Å²) >= 11 is 0. The fourth-order valence-electron chi connectivity index (χ4n) is 2.10. The van der Waals surface area contributed by atoms with Gasteiger partial charge in [-0.25, -0.2) is 0 Å². The lowest BCUT2D eigenvalue weighted by Gasteiger charge is -2.11. The maximum absolute atomic E-state index is 11.7. The number of benzene rings is 2. The number of rotatable bonds is 6. The van der Waals surface area contributed by atoms with E-state index in [1.165, 1.54) is 0 Å². The number of ether oxygens (including phenoxy) is 2. The van der Waals surface area contributed by atoms with Crippen LogP contribution in [0.5, 0.6) is 11.5 Å². The summed E-state index contributed by atoms with van der Waals surface area (Å²) in [5.74, 6) is 0.309. The normalized spacial score (nSPS) is 10.0. The Balaban J connectivity index is 1.68. The highest BCUT2D eigenvalue weighted by Gasteiger charge is 2.07. The van der Waals surface area contributed by atoms with E-state index in [1.54, 1.807) is 12.1 Å². The molecular formula is C19H22N2O4. The smallest absolute Gasteiger partial charge is 0.276 e. The van der Waals surface area contributed by atoms with Crippen molar-refractivity contribution in [2.45, 2.75) is 20.8 Å². The number of carbonyl (C=O) groups excluding carboxylic acids is 2. The average Bonchev–Trinajstić information content (AvgIpc) is 2.58. The summed E-state index contributed by atoms with van der Waals surface area (Å²) in [6.07, 6.45) is 0. The van der Waals surface area contributed by atoms with E-state index in [2.05, 4.69) is 10.9 Å². The highest BCUT2D eigenvalue weighted by molar-refractivity contribution is 5.83. The molecule has 6 nitrogen and oxygen atoms in total. The Labute approximate surface area is 147 Å². The SMILES string of the molecule is Cc1ccc(OCC(=O)NNC(=O)COc2ccc(C)cc2C)cc1. The number of hydrogen-bond donors (Lipinski definition) is 2. The molecule has 0 aromatic heterocycles. The molecule has 0 aliphatic rings. The van der Waals surface area contributed by atoms with E-state index < -0.39 is 11.8 Å². The molecule has 0 radical (unpaired) electrons. The zero-order chi connectivity index (χ0) is 18.2. The quantitative estimate of drug-likeness (QED) is 0.789. The van der Waals surface area contributed by atoms with Crippen LogP contribution < -0.4 is 20.3 Å². The number of hydrogen-bond acceptors (Lipinski definition) is 4. The monoisotopic (exact) mass is 342 g/mol. The van der Waals surface area contributed by atoms with E-state index in [-0.39, 0.29) is 13.2 Å². The van der Waals surface area contributed by atoms with Gasteiger partial charge in [0.05, 0.1) is 0 Å². The van der Waals surface area contributed by atoms with Gasteiger partial charge in [-0.1, -0.05) is 35.4 Å². The van der Waals surface area contributed by atoms with E-state index in [1.807, 2.05) is 51.1 Å². The van der Waals surface area contributed by atoms with Crippen molar-refractivity contribution in [1.82, 2.24) is 10.9 Å². The van der Waals surface area contributed by atoms with Gasteiger partial charge in [-0.2, -0.15) is 0 Å². The van der Waals surface area contributed by atoms with Crippen LogP contribution in [-0.4, -0.2) is 25.0 Å². The van der Waals surface area contributed by atoms with Crippen LogP contribution in [0, 0.1) is 20.8 Å². The lowest BCUT2D eigenvalue weighted by Crippen LogP contribution is -2.45. The van der Waals surface area contributed by atoms with Crippen LogP contribution in [0.25, 0.3) is 0 Å². The van der Waals surface area contributed by atoms with Crippen LogP contribution in [0.1, 0.15) is 16.7 Å². The molecule has 0 fully saturated rings. The van der Waals surface area contributed by atoms with E-state index in [0.717, 1.165) is 16.7 Å². The summed E-state index contributed by atoms with van der Waals surface area (Å²) in [5.41, 5.74) is 7.74. The van der Waals surface area contributed by atoms with Gasteiger partial charge in [-0.3, -0.25) is 20.4 Å². The molecule has 2 aromatic carbocycles. The summed E-state index contributed by atoms with van der Waals surface area (Å²) in [4.78, 5) is 23.4. The zero-order valence-electron chi connectivity index (χ0n) is 14.6. The molecule has 2 N–H and O–H groups in total. The molecule has 0 unspecified atom stereocenters. The molecule has 0 atom stereocenters. The van der Waals surface area contributed by atoms with Gasteiger partial charge in [0.15, 0.2) is 13.2 Å². The lowest BCUT2D eigenvalue weighted by atomic mass is 10.1. The standard InChI is InChI=1S/C19H22N2O4/c1-13-4-7-16(8-5-13)24-11-18(22)20-21-19(23)12-25-17-9-6-14(2)10-15(17)3/h4-10H,11-12H2,1-3H3,(H,20,22)(H,21,23). The summed E-state index contributed by atoms with van der Waals surface area (Å²) < 4.78 is 10.7. The minimum Gasteiger partial charge on any atom is -0.484 e. The van der Waals surface area contributed by atoms with Gasteiger partial charge >= 0.3 is 0 Å². The molecule has 0 bridgehead atoms. The first-order valence-electron chi connectivity index (χ1n) is 7.91. The van der Waals surface area contributed by atoms with Crippen LogP contribution in [0.15, 0.2) is 42.5 Å². The summed E-state index contributed by atoms with van der Waals surface area (Å²) in [5, 5.41) is 0. The summed E-state index contributed by atoms with van der Waals surface area (Å²) in [6.45, 7) is 5.47. The van der Waals surface area contributed by atoms with Crippen LogP contribution in [0.2, 0.25) is 0 Å². The first-order valence-corrected chi connectivity index (χ1v) is 7.91. The van der Waals surface area contributed by atoms with Gasteiger partial charge in [0.2, 0.25) is 0 Å². The Hall–Kier alpha value is -3.02. The first kappa shape index (κ1) is 18.3. The molecule has 6 heteroatoms. The average molecular weight is 342 g/mol. The topological polar surface area (TPSA) is 76.7 Å². The van der Waals surface area contributed by atoms with Crippen molar-refractivity contribution in [3.8, 4) is 11.5 Å². The molecule has 2 aromatic rings. The second kappa shape index (κ2) is 8.73. The Morgan fingerprint density at radius 2 is 1.36 bits per heavy atom. The minimum atomic E-state index is -0.458. The third-order valence-electron chi connectivity index (χ3n) is 3.42. The highest BCUT2D eigenvalue weighted by Crippen LogP contribution is 2.18. The predicted molar refractivity (Wildman–Crippen MR) is 94.4 cm³/mol. The van der Waals surface area contributed by atoms with Crippen LogP contribution in [0.3, 0.4) is 0 Å². The fraction of sp³-hybridized carbons (Fsp3) is 0.263. The Morgan fingerprint density at radius 1 is 0.800 bits per heavy atom. The third-order valence-corrected chi connectivity index (χ3v) is 3.42. The molecule has 0 aliphatic carbocycles. The summed E-state index contributed by atoms with van der Waals surface area (Å²) in [7, 11) is 0. The van der Waals surface area contributed by atoms with Gasteiger partial charge in [-0.05, 0) is 44.5 Å². The number of nitrogens with one attached hydrogen (secondary N) is 2. The second-order valence-corrected chi connectivity index (χ2v) is 5.76. The van der Waals surface area contributed by atoms with Crippen LogP contribution in [0.4, 0.5) is 0 Å².